The Hall–Kier alpha value is -1.71. The van der Waals surface area contributed by atoms with Crippen LogP contribution in [0.3, 0.4) is 0 Å². The van der Waals surface area contributed by atoms with Gasteiger partial charge in [0.1, 0.15) is 12.3 Å². The summed E-state index contributed by atoms with van der Waals surface area (Å²) in [5, 5.41) is 0.811. The second-order valence-corrected chi connectivity index (χ2v) is 6.18. The summed E-state index contributed by atoms with van der Waals surface area (Å²) >= 11 is 6.08. The maximum absolute atomic E-state index is 6.08. The summed E-state index contributed by atoms with van der Waals surface area (Å²) in [6.07, 6.45) is 0. The average Bonchev–Trinajstić information content (AvgIpc) is 2.56. The van der Waals surface area contributed by atoms with E-state index < -0.39 is 0 Å². The van der Waals surface area contributed by atoms with E-state index in [1.807, 2.05) is 24.3 Å². The molecule has 4 heteroatoms. The molecule has 0 amide bonds. The number of halogens is 1. The highest BCUT2D eigenvalue weighted by atomic mass is 35.5. The molecule has 0 aliphatic carbocycles. The van der Waals surface area contributed by atoms with E-state index >= 15 is 0 Å². The zero-order valence-electron chi connectivity index (χ0n) is 12.9. The molecule has 0 aromatic heterocycles. The molecule has 0 radical (unpaired) electrons. The maximum Gasteiger partial charge on any atom is 0.118 e. The minimum atomic E-state index is 0.811. The Kier molecular flexibility index (Phi) is 4.86. The van der Waals surface area contributed by atoms with Crippen LogP contribution in [0.15, 0.2) is 48.5 Å². The molecule has 116 valence electrons. The van der Waals surface area contributed by atoms with Crippen LogP contribution in [0.1, 0.15) is 5.56 Å². The Morgan fingerprint density at radius 1 is 1.09 bits per heavy atom. The zero-order valence-corrected chi connectivity index (χ0v) is 13.6. The standard InChI is InChI=1S/C18H21ClN2O/c1-22-18-7-5-15(6-8-18)14-20-9-11-21(12-10-20)17-4-2-3-16(19)13-17/h2-8,13H,9-12,14H2,1H3/p+1. The molecule has 2 aromatic rings. The van der Waals surface area contributed by atoms with Crippen molar-refractivity contribution in [3.63, 3.8) is 0 Å². The normalized spacial score (nSPS) is 15.8. The number of methoxy groups -OCH3 is 1. The van der Waals surface area contributed by atoms with Crippen LogP contribution in [0.5, 0.6) is 5.75 Å². The van der Waals surface area contributed by atoms with Crippen LogP contribution in [0.25, 0.3) is 0 Å². The molecule has 3 rings (SSSR count). The lowest BCUT2D eigenvalue weighted by Gasteiger charge is -2.33. The summed E-state index contributed by atoms with van der Waals surface area (Å²) in [6, 6.07) is 16.5. The molecule has 0 saturated carbocycles. The SMILES string of the molecule is COc1ccc(C[NH+]2CCN(c3cccc(Cl)c3)CC2)cc1. The molecule has 1 fully saturated rings. The molecule has 0 unspecified atom stereocenters. The molecule has 0 spiro atoms. The summed E-state index contributed by atoms with van der Waals surface area (Å²) in [7, 11) is 1.70. The van der Waals surface area contributed by atoms with Gasteiger partial charge in [-0.2, -0.15) is 0 Å². The Morgan fingerprint density at radius 3 is 2.45 bits per heavy atom. The topological polar surface area (TPSA) is 16.9 Å². The fourth-order valence-corrected chi connectivity index (χ4v) is 3.15. The van der Waals surface area contributed by atoms with Crippen molar-refractivity contribution < 1.29 is 9.64 Å². The van der Waals surface area contributed by atoms with Gasteiger partial charge in [0.05, 0.1) is 33.3 Å². The van der Waals surface area contributed by atoms with Gasteiger partial charge >= 0.3 is 0 Å². The minimum absolute atomic E-state index is 0.811. The van der Waals surface area contributed by atoms with Crippen molar-refractivity contribution >= 4 is 17.3 Å². The van der Waals surface area contributed by atoms with E-state index in [0.29, 0.717) is 0 Å². The molecule has 2 aromatic carbocycles. The lowest BCUT2D eigenvalue weighted by Crippen LogP contribution is -3.13. The van der Waals surface area contributed by atoms with Crippen molar-refractivity contribution in [2.75, 3.05) is 38.2 Å². The van der Waals surface area contributed by atoms with Gasteiger partial charge < -0.3 is 14.5 Å². The molecule has 22 heavy (non-hydrogen) atoms. The number of hydrogen-bond acceptors (Lipinski definition) is 2. The molecule has 1 heterocycles. The van der Waals surface area contributed by atoms with Gasteiger partial charge in [-0.15, -0.1) is 0 Å². The molecule has 1 aliphatic rings. The lowest BCUT2D eigenvalue weighted by molar-refractivity contribution is -0.914. The quantitative estimate of drug-likeness (QED) is 0.931. The fraction of sp³-hybridized carbons (Fsp3) is 0.333. The Labute approximate surface area is 137 Å². The van der Waals surface area contributed by atoms with Crippen molar-refractivity contribution in [3.05, 3.63) is 59.1 Å². The second-order valence-electron chi connectivity index (χ2n) is 5.74. The third-order valence-corrected chi connectivity index (χ3v) is 4.49. The molecular formula is C18H22ClN2O+. The molecule has 1 saturated heterocycles. The number of benzene rings is 2. The van der Waals surface area contributed by atoms with Crippen LogP contribution in [-0.2, 0) is 6.54 Å². The number of anilines is 1. The minimum Gasteiger partial charge on any atom is -0.497 e. The predicted molar refractivity (Wildman–Crippen MR) is 91.1 cm³/mol. The van der Waals surface area contributed by atoms with Crippen LogP contribution in [0.4, 0.5) is 5.69 Å². The highest BCUT2D eigenvalue weighted by molar-refractivity contribution is 6.30. The molecule has 1 aliphatic heterocycles. The highest BCUT2D eigenvalue weighted by Crippen LogP contribution is 2.19. The number of piperazine rings is 1. The number of hydrogen-bond donors (Lipinski definition) is 1. The van der Waals surface area contributed by atoms with Crippen molar-refractivity contribution in [1.82, 2.24) is 0 Å². The van der Waals surface area contributed by atoms with Gasteiger partial charge in [0.2, 0.25) is 0 Å². The van der Waals surface area contributed by atoms with Gasteiger partial charge in [0.25, 0.3) is 0 Å². The molecular weight excluding hydrogens is 296 g/mol. The van der Waals surface area contributed by atoms with Crippen molar-refractivity contribution in [3.8, 4) is 5.75 Å². The summed E-state index contributed by atoms with van der Waals surface area (Å²) in [4.78, 5) is 4.05. The fourth-order valence-electron chi connectivity index (χ4n) is 2.96. The third kappa shape index (κ3) is 3.73. The van der Waals surface area contributed by atoms with Gasteiger partial charge in [0.15, 0.2) is 0 Å². The van der Waals surface area contributed by atoms with Crippen LogP contribution in [0.2, 0.25) is 5.02 Å². The Bertz CT molecular complexity index is 607. The second kappa shape index (κ2) is 7.03. The molecule has 1 N–H and O–H groups in total. The number of nitrogens with one attached hydrogen (secondary N) is 1. The number of nitrogens with zero attached hydrogens (tertiary/aromatic N) is 1. The highest BCUT2D eigenvalue weighted by Gasteiger charge is 2.20. The zero-order chi connectivity index (χ0) is 15.4. The van der Waals surface area contributed by atoms with Gasteiger partial charge in [0, 0.05) is 16.3 Å². The van der Waals surface area contributed by atoms with Gasteiger partial charge in [-0.05, 0) is 42.5 Å². The van der Waals surface area contributed by atoms with Crippen molar-refractivity contribution in [1.29, 1.82) is 0 Å². The van der Waals surface area contributed by atoms with Crippen LogP contribution >= 0.6 is 11.6 Å². The summed E-state index contributed by atoms with van der Waals surface area (Å²) in [5.41, 5.74) is 2.60. The first kappa shape index (κ1) is 15.2. The third-order valence-electron chi connectivity index (χ3n) is 4.26. The van der Waals surface area contributed by atoms with E-state index in [4.69, 9.17) is 16.3 Å². The van der Waals surface area contributed by atoms with Crippen molar-refractivity contribution in [2.24, 2.45) is 0 Å². The molecule has 0 bridgehead atoms. The average molecular weight is 318 g/mol. The van der Waals surface area contributed by atoms with Crippen molar-refractivity contribution in [2.45, 2.75) is 6.54 Å². The Morgan fingerprint density at radius 2 is 1.82 bits per heavy atom. The smallest absolute Gasteiger partial charge is 0.118 e. The summed E-state index contributed by atoms with van der Waals surface area (Å²) in [6.45, 7) is 5.53. The first-order valence-electron chi connectivity index (χ1n) is 7.71. The van der Waals surface area contributed by atoms with Crippen LogP contribution in [-0.4, -0.2) is 33.3 Å². The number of rotatable bonds is 4. The van der Waals surface area contributed by atoms with E-state index in [0.717, 1.165) is 43.5 Å². The molecule has 3 nitrogen and oxygen atoms in total. The number of ether oxygens (including phenoxy) is 1. The summed E-state index contributed by atoms with van der Waals surface area (Å²) < 4.78 is 5.21. The first-order valence-corrected chi connectivity index (χ1v) is 8.09. The van der Waals surface area contributed by atoms with Gasteiger partial charge in [-0.25, -0.2) is 0 Å². The Balaban J connectivity index is 1.55. The van der Waals surface area contributed by atoms with E-state index in [9.17, 15) is 0 Å². The van der Waals surface area contributed by atoms with Gasteiger partial charge in [-0.3, -0.25) is 0 Å². The first-order chi connectivity index (χ1) is 10.7. The molecule has 0 atom stereocenters. The van der Waals surface area contributed by atoms with E-state index in [1.165, 1.54) is 11.3 Å². The van der Waals surface area contributed by atoms with Crippen LogP contribution < -0.4 is 14.5 Å². The van der Waals surface area contributed by atoms with E-state index in [2.05, 4.69) is 29.2 Å². The summed E-state index contributed by atoms with van der Waals surface area (Å²) in [5.74, 6) is 0.921. The van der Waals surface area contributed by atoms with E-state index in [-0.39, 0.29) is 0 Å². The number of quaternary nitrogens is 1. The largest absolute Gasteiger partial charge is 0.497 e. The maximum atomic E-state index is 6.08. The monoisotopic (exact) mass is 317 g/mol. The predicted octanol–water partition coefficient (Wildman–Crippen LogP) is 2.25. The van der Waals surface area contributed by atoms with Gasteiger partial charge in [-0.1, -0.05) is 17.7 Å². The van der Waals surface area contributed by atoms with Crippen LogP contribution in [0, 0.1) is 0 Å². The van der Waals surface area contributed by atoms with E-state index in [1.54, 1.807) is 12.0 Å². The lowest BCUT2D eigenvalue weighted by atomic mass is 10.2.